The van der Waals surface area contributed by atoms with Crippen LogP contribution in [0.5, 0.6) is 0 Å². The lowest BCUT2D eigenvalue weighted by atomic mass is 9.74. The average Bonchev–Trinajstić information content (AvgIpc) is 2.91. The fourth-order valence-corrected chi connectivity index (χ4v) is 4.81. The summed E-state index contributed by atoms with van der Waals surface area (Å²) in [6, 6.07) is 7.36. The molecule has 0 saturated carbocycles. The number of imide groups is 2. The number of urea groups is 1. The number of carbonyl (C=O) groups is 3. The van der Waals surface area contributed by atoms with Crippen LogP contribution in [0.15, 0.2) is 57.4 Å². The summed E-state index contributed by atoms with van der Waals surface area (Å²) in [4.78, 5) is 80.7. The molecule has 2 aromatic rings. The van der Waals surface area contributed by atoms with E-state index in [0.29, 0.717) is 14.7 Å². The number of hydrogen-bond acceptors (Lipinski definition) is 8. The van der Waals surface area contributed by atoms with Gasteiger partial charge in [-0.1, -0.05) is 43.3 Å². The Bertz CT molecular complexity index is 1440. The maximum Gasteiger partial charge on any atom is 0.336 e. The molecule has 0 aliphatic carbocycles. The summed E-state index contributed by atoms with van der Waals surface area (Å²) in [5.41, 5.74) is -4.37. The summed E-state index contributed by atoms with van der Waals surface area (Å²) < 4.78 is 1.98. The van der Waals surface area contributed by atoms with Gasteiger partial charge < -0.3 is 10.2 Å². The van der Waals surface area contributed by atoms with E-state index in [-0.39, 0.29) is 19.5 Å². The molecule has 1 fully saturated rings. The van der Waals surface area contributed by atoms with Crippen molar-refractivity contribution in [3.63, 3.8) is 0 Å². The SMILES string of the molecule is C=CCn1c(=O)n(CC(C)O)c(=O)n(CC(O)CN2C(=O)N(CC)C(=O)C(CC)(c3ccccc3)C2=O)c1=O. The van der Waals surface area contributed by atoms with Crippen molar-refractivity contribution in [2.75, 3.05) is 13.1 Å². The first kappa shape index (κ1) is 29.5. The van der Waals surface area contributed by atoms with Crippen LogP contribution in [0.4, 0.5) is 4.79 Å². The van der Waals surface area contributed by atoms with Crippen LogP contribution in [-0.4, -0.2) is 76.9 Å². The molecule has 0 bridgehead atoms. The lowest BCUT2D eigenvalue weighted by Gasteiger charge is -2.44. The second kappa shape index (κ2) is 11.7. The van der Waals surface area contributed by atoms with Gasteiger partial charge in [0.25, 0.3) is 11.8 Å². The van der Waals surface area contributed by atoms with Crippen LogP contribution in [0.25, 0.3) is 0 Å². The maximum absolute atomic E-state index is 13.8. The van der Waals surface area contributed by atoms with Gasteiger partial charge in [0.05, 0.1) is 38.4 Å². The number of allylic oxidation sites excluding steroid dienone is 1. The predicted octanol–water partition coefficient (Wildman–Crippen LogP) is -0.742. The Hall–Kier alpha value is -4.10. The lowest BCUT2D eigenvalue weighted by Crippen LogP contribution is -2.68. The zero-order valence-corrected chi connectivity index (χ0v) is 22.1. The van der Waals surface area contributed by atoms with E-state index in [2.05, 4.69) is 6.58 Å². The number of hydrogen-bond donors (Lipinski definition) is 2. The maximum atomic E-state index is 13.8. The highest BCUT2D eigenvalue weighted by molar-refractivity contribution is 6.22. The predicted molar refractivity (Wildman–Crippen MR) is 140 cm³/mol. The van der Waals surface area contributed by atoms with Crippen LogP contribution in [0.2, 0.25) is 0 Å². The smallest absolute Gasteiger partial charge is 0.336 e. The van der Waals surface area contributed by atoms with Gasteiger partial charge in [0, 0.05) is 6.54 Å². The summed E-state index contributed by atoms with van der Waals surface area (Å²) in [6.07, 6.45) is -1.39. The standard InChI is InChI=1S/C26H33N5O8/c1-5-13-28-23(37)30(14-17(4)32)25(39)31(24(28)38)16-19(33)15-29-21(35)26(6-2,18-11-9-8-10-12-18)20(34)27(7-3)22(29)36/h5,8-12,17,19,32-33H,1,6-7,13-16H2,2-4H3. The summed E-state index contributed by atoms with van der Waals surface area (Å²) in [7, 11) is 0. The molecule has 0 radical (unpaired) electrons. The Kier molecular flexibility index (Phi) is 8.87. The number of likely N-dealkylation sites (N-methyl/N-ethyl adjacent to an activating group) is 1. The molecule has 13 nitrogen and oxygen atoms in total. The minimum absolute atomic E-state index is 0.0256. The molecule has 0 spiro atoms. The fourth-order valence-electron chi connectivity index (χ4n) is 4.81. The molecule has 1 aliphatic rings. The van der Waals surface area contributed by atoms with E-state index in [9.17, 15) is 39.0 Å². The van der Waals surface area contributed by atoms with Crippen LogP contribution in [0, 0.1) is 0 Å². The van der Waals surface area contributed by atoms with Gasteiger partial charge in [-0.05, 0) is 25.8 Å². The van der Waals surface area contributed by atoms with Crippen molar-refractivity contribution in [2.45, 2.75) is 64.4 Å². The number of aliphatic hydroxyl groups excluding tert-OH is 2. The van der Waals surface area contributed by atoms with Gasteiger partial charge in [0.1, 0.15) is 0 Å². The van der Waals surface area contributed by atoms with Gasteiger partial charge in [0.2, 0.25) is 0 Å². The Balaban J connectivity index is 2.04. The quantitative estimate of drug-likeness (QED) is 0.276. The number of aliphatic hydroxyl groups is 2. The van der Waals surface area contributed by atoms with Gasteiger partial charge in [-0.2, -0.15) is 0 Å². The Labute approximate surface area is 223 Å². The van der Waals surface area contributed by atoms with E-state index >= 15 is 0 Å². The van der Waals surface area contributed by atoms with Crippen molar-refractivity contribution >= 4 is 17.8 Å². The summed E-state index contributed by atoms with van der Waals surface area (Å²) >= 11 is 0. The number of rotatable bonds is 11. The Morgan fingerprint density at radius 3 is 1.87 bits per heavy atom. The zero-order valence-electron chi connectivity index (χ0n) is 22.1. The molecule has 3 unspecified atom stereocenters. The van der Waals surface area contributed by atoms with Gasteiger partial charge in [-0.25, -0.2) is 32.9 Å². The van der Waals surface area contributed by atoms with Crippen molar-refractivity contribution in [2.24, 2.45) is 0 Å². The molecule has 1 aromatic carbocycles. The topological polar surface area (TPSA) is 164 Å². The van der Waals surface area contributed by atoms with Crippen molar-refractivity contribution in [1.82, 2.24) is 23.5 Å². The van der Waals surface area contributed by atoms with Crippen molar-refractivity contribution < 1.29 is 24.6 Å². The number of nitrogens with zero attached hydrogens (tertiary/aromatic N) is 5. The van der Waals surface area contributed by atoms with E-state index in [4.69, 9.17) is 0 Å². The highest BCUT2D eigenvalue weighted by atomic mass is 16.3. The van der Waals surface area contributed by atoms with Crippen LogP contribution in [0.1, 0.15) is 32.8 Å². The summed E-state index contributed by atoms with van der Waals surface area (Å²) in [5.74, 6) is -1.50. The number of barbiturate groups is 1. The molecular weight excluding hydrogens is 510 g/mol. The summed E-state index contributed by atoms with van der Waals surface area (Å²) in [5, 5.41) is 20.7. The Morgan fingerprint density at radius 1 is 0.821 bits per heavy atom. The van der Waals surface area contributed by atoms with Crippen molar-refractivity contribution in [3.8, 4) is 0 Å². The number of benzene rings is 1. The number of β-amino-alcohol motifs (C(OH)–C–C–N with tert-alkyl or cyclic N) is 1. The second-order valence-electron chi connectivity index (χ2n) is 9.34. The largest absolute Gasteiger partial charge is 0.392 e. The molecule has 3 atom stereocenters. The molecule has 1 aliphatic heterocycles. The number of amides is 4. The van der Waals surface area contributed by atoms with Gasteiger partial charge in [-0.15, -0.1) is 6.58 Å². The van der Waals surface area contributed by atoms with E-state index in [1.807, 2.05) is 0 Å². The second-order valence-corrected chi connectivity index (χ2v) is 9.34. The fraction of sp³-hybridized carbons (Fsp3) is 0.462. The van der Waals surface area contributed by atoms with Crippen LogP contribution in [0.3, 0.4) is 0 Å². The molecule has 3 rings (SSSR count). The molecule has 1 saturated heterocycles. The minimum Gasteiger partial charge on any atom is -0.392 e. The van der Waals surface area contributed by atoms with Crippen molar-refractivity contribution in [3.05, 3.63) is 80.0 Å². The lowest BCUT2D eigenvalue weighted by molar-refractivity contribution is -0.153. The third kappa shape index (κ3) is 5.14. The molecule has 13 heteroatoms. The summed E-state index contributed by atoms with van der Waals surface area (Å²) in [6.45, 7) is 6.12. The molecule has 2 N–H and O–H groups in total. The number of aromatic nitrogens is 3. The third-order valence-corrected chi connectivity index (χ3v) is 6.73. The van der Waals surface area contributed by atoms with Gasteiger partial charge in [0.15, 0.2) is 5.41 Å². The van der Waals surface area contributed by atoms with E-state index in [1.54, 1.807) is 44.2 Å². The highest BCUT2D eigenvalue weighted by Crippen LogP contribution is 2.36. The molecule has 39 heavy (non-hydrogen) atoms. The zero-order chi connectivity index (χ0) is 29.1. The molecule has 2 heterocycles. The van der Waals surface area contributed by atoms with Crippen LogP contribution in [-0.2, 0) is 34.6 Å². The average molecular weight is 544 g/mol. The van der Waals surface area contributed by atoms with E-state index in [0.717, 1.165) is 14.4 Å². The highest BCUT2D eigenvalue weighted by Gasteiger charge is 2.57. The van der Waals surface area contributed by atoms with Crippen LogP contribution < -0.4 is 17.1 Å². The van der Waals surface area contributed by atoms with E-state index in [1.165, 1.54) is 13.0 Å². The van der Waals surface area contributed by atoms with Crippen molar-refractivity contribution in [1.29, 1.82) is 0 Å². The van der Waals surface area contributed by atoms with Gasteiger partial charge in [-0.3, -0.25) is 19.4 Å². The first-order valence-electron chi connectivity index (χ1n) is 12.6. The minimum atomic E-state index is -1.71. The first-order valence-corrected chi connectivity index (χ1v) is 12.6. The number of carbonyl (C=O) groups excluding carboxylic acids is 3. The monoisotopic (exact) mass is 543 g/mol. The van der Waals surface area contributed by atoms with Crippen LogP contribution >= 0.6 is 0 Å². The Morgan fingerprint density at radius 2 is 1.36 bits per heavy atom. The van der Waals surface area contributed by atoms with Gasteiger partial charge >= 0.3 is 23.1 Å². The molecule has 1 aromatic heterocycles. The van der Waals surface area contributed by atoms with E-state index < -0.39 is 72.2 Å². The first-order chi connectivity index (χ1) is 18.5. The molecule has 4 amide bonds. The normalized spacial score (nSPS) is 19.4. The molecule has 210 valence electrons. The third-order valence-electron chi connectivity index (χ3n) is 6.73. The molecular formula is C26H33N5O8.